The summed E-state index contributed by atoms with van der Waals surface area (Å²) < 4.78 is 5.43. The minimum absolute atomic E-state index is 0.110. The second-order valence-electron chi connectivity index (χ2n) is 4.95. The number of furan rings is 1. The zero-order valence-electron chi connectivity index (χ0n) is 11.5. The fraction of sp³-hybridized carbons (Fsp3) is 0.643. The van der Waals surface area contributed by atoms with Crippen molar-refractivity contribution in [2.24, 2.45) is 0 Å². The summed E-state index contributed by atoms with van der Waals surface area (Å²) in [7, 11) is 0. The standard InChI is InChI=1S/C14H22N2O2/c1-4-15-12-5-7-16(8-6-12)14(17)13-9-10(2)18-11(13)3/h9,12,15H,4-8H2,1-3H3. The Hall–Kier alpha value is -1.29. The van der Waals surface area contributed by atoms with Gasteiger partial charge in [-0.1, -0.05) is 6.92 Å². The Morgan fingerprint density at radius 3 is 2.61 bits per heavy atom. The van der Waals surface area contributed by atoms with Gasteiger partial charge in [-0.05, 0) is 39.3 Å². The molecule has 1 N–H and O–H groups in total. The molecule has 1 amide bonds. The number of amides is 1. The molecule has 1 saturated heterocycles. The molecule has 1 aromatic rings. The zero-order chi connectivity index (χ0) is 13.1. The number of hydrogen-bond acceptors (Lipinski definition) is 3. The molecule has 4 heteroatoms. The van der Waals surface area contributed by atoms with E-state index >= 15 is 0 Å². The molecular formula is C14H22N2O2. The molecule has 2 rings (SSSR count). The van der Waals surface area contributed by atoms with Crippen molar-refractivity contribution in [2.45, 2.75) is 39.7 Å². The Morgan fingerprint density at radius 2 is 2.11 bits per heavy atom. The fourth-order valence-electron chi connectivity index (χ4n) is 2.59. The highest BCUT2D eigenvalue weighted by atomic mass is 16.3. The molecule has 0 unspecified atom stereocenters. The Labute approximate surface area is 108 Å². The Kier molecular flexibility index (Phi) is 4.07. The minimum atomic E-state index is 0.110. The first-order valence-corrected chi connectivity index (χ1v) is 6.71. The lowest BCUT2D eigenvalue weighted by Crippen LogP contribution is -2.44. The second-order valence-corrected chi connectivity index (χ2v) is 4.95. The average molecular weight is 250 g/mol. The lowest BCUT2D eigenvalue weighted by molar-refractivity contribution is 0.0704. The van der Waals surface area contributed by atoms with E-state index in [1.165, 1.54) is 0 Å². The molecule has 1 aliphatic heterocycles. The number of likely N-dealkylation sites (tertiary alicyclic amines) is 1. The number of rotatable bonds is 3. The van der Waals surface area contributed by atoms with E-state index in [0.29, 0.717) is 6.04 Å². The van der Waals surface area contributed by atoms with Crippen molar-refractivity contribution in [2.75, 3.05) is 19.6 Å². The van der Waals surface area contributed by atoms with E-state index in [2.05, 4.69) is 12.2 Å². The van der Waals surface area contributed by atoms with Crippen molar-refractivity contribution in [1.82, 2.24) is 10.2 Å². The van der Waals surface area contributed by atoms with Crippen molar-refractivity contribution in [3.05, 3.63) is 23.2 Å². The van der Waals surface area contributed by atoms with E-state index in [1.807, 2.05) is 24.8 Å². The van der Waals surface area contributed by atoms with Gasteiger partial charge in [-0.25, -0.2) is 0 Å². The summed E-state index contributed by atoms with van der Waals surface area (Å²) in [4.78, 5) is 14.3. The van der Waals surface area contributed by atoms with Crippen molar-refractivity contribution >= 4 is 5.91 Å². The van der Waals surface area contributed by atoms with Crippen LogP contribution in [0, 0.1) is 13.8 Å². The SMILES string of the molecule is CCNC1CCN(C(=O)c2cc(C)oc2C)CC1. The molecule has 0 spiro atoms. The molecule has 2 heterocycles. The summed E-state index contributed by atoms with van der Waals surface area (Å²) in [5.74, 6) is 1.64. The predicted molar refractivity (Wildman–Crippen MR) is 70.8 cm³/mol. The third kappa shape index (κ3) is 2.75. The van der Waals surface area contributed by atoms with E-state index in [1.54, 1.807) is 0 Å². The molecule has 0 radical (unpaired) electrons. The molecule has 0 aliphatic carbocycles. The minimum Gasteiger partial charge on any atom is -0.466 e. The third-order valence-electron chi connectivity index (χ3n) is 3.55. The van der Waals surface area contributed by atoms with Crippen molar-refractivity contribution in [3.8, 4) is 0 Å². The number of piperidine rings is 1. The van der Waals surface area contributed by atoms with Gasteiger partial charge in [0.05, 0.1) is 5.56 Å². The monoisotopic (exact) mass is 250 g/mol. The lowest BCUT2D eigenvalue weighted by atomic mass is 10.0. The molecule has 0 bridgehead atoms. The Bertz CT molecular complexity index is 417. The third-order valence-corrected chi connectivity index (χ3v) is 3.55. The van der Waals surface area contributed by atoms with E-state index in [4.69, 9.17) is 4.42 Å². The van der Waals surface area contributed by atoms with E-state index in [-0.39, 0.29) is 5.91 Å². The van der Waals surface area contributed by atoms with Gasteiger partial charge in [0.2, 0.25) is 0 Å². The molecule has 1 aromatic heterocycles. The molecule has 0 aromatic carbocycles. The van der Waals surface area contributed by atoms with Crippen LogP contribution in [-0.2, 0) is 0 Å². The van der Waals surface area contributed by atoms with E-state index in [0.717, 1.165) is 49.6 Å². The number of carbonyl (C=O) groups is 1. The number of nitrogens with one attached hydrogen (secondary N) is 1. The first-order chi connectivity index (χ1) is 8.61. The average Bonchev–Trinajstić information content (AvgIpc) is 2.69. The summed E-state index contributed by atoms with van der Waals surface area (Å²) in [6, 6.07) is 2.40. The van der Waals surface area contributed by atoms with Gasteiger partial charge in [-0.3, -0.25) is 4.79 Å². The number of nitrogens with zero attached hydrogens (tertiary/aromatic N) is 1. The summed E-state index contributed by atoms with van der Waals surface area (Å²) in [6.45, 7) is 8.51. The van der Waals surface area contributed by atoms with Crippen LogP contribution in [0.5, 0.6) is 0 Å². The maximum Gasteiger partial charge on any atom is 0.257 e. The molecule has 18 heavy (non-hydrogen) atoms. The van der Waals surface area contributed by atoms with Gasteiger partial charge in [0, 0.05) is 19.1 Å². The van der Waals surface area contributed by atoms with Gasteiger partial charge in [-0.15, -0.1) is 0 Å². The molecule has 4 nitrogen and oxygen atoms in total. The van der Waals surface area contributed by atoms with Crippen LogP contribution < -0.4 is 5.32 Å². The summed E-state index contributed by atoms with van der Waals surface area (Å²) >= 11 is 0. The first kappa shape index (κ1) is 13.1. The van der Waals surface area contributed by atoms with Crippen molar-refractivity contribution in [1.29, 1.82) is 0 Å². The van der Waals surface area contributed by atoms with Crippen LogP contribution in [0.3, 0.4) is 0 Å². The maximum atomic E-state index is 12.3. The highest BCUT2D eigenvalue weighted by Crippen LogP contribution is 2.19. The van der Waals surface area contributed by atoms with Crippen LogP contribution in [0.1, 0.15) is 41.6 Å². The van der Waals surface area contributed by atoms with E-state index < -0.39 is 0 Å². The molecule has 100 valence electrons. The van der Waals surface area contributed by atoms with Crippen LogP contribution >= 0.6 is 0 Å². The van der Waals surface area contributed by atoms with Crippen LogP contribution in [0.25, 0.3) is 0 Å². The molecule has 1 aliphatic rings. The van der Waals surface area contributed by atoms with Gasteiger partial charge in [0.1, 0.15) is 11.5 Å². The van der Waals surface area contributed by atoms with Crippen molar-refractivity contribution < 1.29 is 9.21 Å². The van der Waals surface area contributed by atoms with Crippen LogP contribution in [0.2, 0.25) is 0 Å². The summed E-state index contributed by atoms with van der Waals surface area (Å²) in [5, 5.41) is 3.44. The molecule has 1 fully saturated rings. The van der Waals surface area contributed by atoms with Gasteiger partial charge in [-0.2, -0.15) is 0 Å². The molecular weight excluding hydrogens is 228 g/mol. The van der Waals surface area contributed by atoms with Gasteiger partial charge in [0.25, 0.3) is 5.91 Å². The van der Waals surface area contributed by atoms with Crippen LogP contribution in [0.4, 0.5) is 0 Å². The summed E-state index contributed by atoms with van der Waals surface area (Å²) in [6.07, 6.45) is 2.07. The van der Waals surface area contributed by atoms with E-state index in [9.17, 15) is 4.79 Å². The van der Waals surface area contributed by atoms with Gasteiger partial charge in [0.15, 0.2) is 0 Å². The topological polar surface area (TPSA) is 45.5 Å². The van der Waals surface area contributed by atoms with Crippen LogP contribution in [-0.4, -0.2) is 36.5 Å². The largest absolute Gasteiger partial charge is 0.466 e. The maximum absolute atomic E-state index is 12.3. The Balaban J connectivity index is 1.97. The lowest BCUT2D eigenvalue weighted by Gasteiger charge is -2.32. The Morgan fingerprint density at radius 1 is 1.44 bits per heavy atom. The highest BCUT2D eigenvalue weighted by molar-refractivity contribution is 5.95. The number of aryl methyl sites for hydroxylation is 2. The highest BCUT2D eigenvalue weighted by Gasteiger charge is 2.25. The number of carbonyl (C=O) groups excluding carboxylic acids is 1. The number of hydrogen-bond donors (Lipinski definition) is 1. The first-order valence-electron chi connectivity index (χ1n) is 6.71. The second kappa shape index (κ2) is 5.57. The quantitative estimate of drug-likeness (QED) is 0.893. The predicted octanol–water partition coefficient (Wildman–Crippen LogP) is 2.11. The zero-order valence-corrected chi connectivity index (χ0v) is 11.5. The van der Waals surface area contributed by atoms with Gasteiger partial charge >= 0.3 is 0 Å². The fourth-order valence-corrected chi connectivity index (χ4v) is 2.59. The summed E-state index contributed by atoms with van der Waals surface area (Å²) in [5.41, 5.74) is 0.717. The smallest absolute Gasteiger partial charge is 0.257 e. The normalized spacial score (nSPS) is 17.2. The molecule has 0 atom stereocenters. The van der Waals surface area contributed by atoms with Crippen LogP contribution in [0.15, 0.2) is 10.5 Å². The molecule has 0 saturated carbocycles. The van der Waals surface area contributed by atoms with Crippen molar-refractivity contribution in [3.63, 3.8) is 0 Å². The van der Waals surface area contributed by atoms with Gasteiger partial charge < -0.3 is 14.6 Å².